The fourth-order valence-electron chi connectivity index (χ4n) is 4.23. The van der Waals surface area contributed by atoms with Crippen molar-refractivity contribution in [2.45, 2.75) is 31.1 Å². The highest BCUT2D eigenvalue weighted by Crippen LogP contribution is 2.40. The number of thiophene rings is 1. The van der Waals surface area contributed by atoms with Crippen molar-refractivity contribution in [3.8, 4) is 10.8 Å². The maximum absolute atomic E-state index is 13.6. The first-order valence-corrected chi connectivity index (χ1v) is 12.8. The number of benzene rings is 2. The number of dihydropyridines is 1. The Morgan fingerprint density at radius 2 is 2.00 bits per heavy atom. The second-order valence-corrected chi connectivity index (χ2v) is 10.1. The molecule has 1 aliphatic heterocycles. The molecule has 2 aromatic heterocycles. The molecule has 196 valence electrons. The van der Waals surface area contributed by atoms with Crippen LogP contribution in [0.3, 0.4) is 0 Å². The van der Waals surface area contributed by atoms with Crippen LogP contribution in [0.1, 0.15) is 45.8 Å². The third-order valence-electron chi connectivity index (χ3n) is 6.09. The number of methoxy groups -OCH3 is 1. The monoisotopic (exact) mass is 559 g/mol. The molecule has 0 radical (unpaired) electrons. The summed E-state index contributed by atoms with van der Waals surface area (Å²) in [4.78, 5) is 21.4. The summed E-state index contributed by atoms with van der Waals surface area (Å²) in [5.41, 5.74) is 2.29. The van der Waals surface area contributed by atoms with Gasteiger partial charge in [0.05, 0.1) is 23.7 Å². The summed E-state index contributed by atoms with van der Waals surface area (Å²) >= 11 is 7.12. The number of hydrogen-bond acceptors (Lipinski definition) is 6. The average Bonchev–Trinajstić information content (AvgIpc) is 3.52. The quantitative estimate of drug-likeness (QED) is 0.140. The van der Waals surface area contributed by atoms with E-state index in [9.17, 15) is 18.0 Å². The molecule has 5 rings (SSSR count). The smallest absolute Gasteiger partial charge is 0.416 e. The summed E-state index contributed by atoms with van der Waals surface area (Å²) in [7, 11) is 1.23. The zero-order chi connectivity index (χ0) is 27.0. The van der Waals surface area contributed by atoms with Crippen LogP contribution in [-0.4, -0.2) is 34.3 Å². The first kappa shape index (κ1) is 26.0. The summed E-state index contributed by atoms with van der Waals surface area (Å²) in [6.45, 7) is 1.51. The normalized spacial score (nSPS) is 16.4. The highest BCUT2D eigenvalue weighted by atomic mass is 35.5. The predicted octanol–water partition coefficient (Wildman–Crippen LogP) is 7.46. The number of halogens is 4. The number of allylic oxidation sites excluding steroid dienone is 1. The summed E-state index contributed by atoms with van der Waals surface area (Å²) in [6.07, 6.45) is 0.485. The molecule has 0 saturated heterocycles. The molecule has 11 heteroatoms. The van der Waals surface area contributed by atoms with Gasteiger partial charge in [0.25, 0.3) is 0 Å². The zero-order valence-corrected chi connectivity index (χ0v) is 21.8. The second-order valence-electron chi connectivity index (χ2n) is 8.54. The Kier molecular flexibility index (Phi) is 7.02. The van der Waals surface area contributed by atoms with Crippen LogP contribution in [0, 0.1) is 0 Å². The lowest BCUT2D eigenvalue weighted by molar-refractivity contribution is -0.139. The van der Waals surface area contributed by atoms with Crippen molar-refractivity contribution < 1.29 is 27.4 Å². The van der Waals surface area contributed by atoms with Gasteiger partial charge in [-0.2, -0.15) is 13.2 Å². The SMILES string of the molecule is COC(=O)c1sc(-n2cnc3cc(C4=CCC(Cl)N=C4)ccc32)cc1O[C@H](C)c1ccccc1C(F)(F)F. The standard InChI is InChI=1S/C27H21ClF3N3O3S/c1-15(18-5-3-4-6-19(18)27(29,30)31)37-22-12-24(38-25(22)26(35)36-2)34-14-33-20-11-16(7-9-21(20)34)17-8-10-23(28)32-13-17/h3-9,11-15,23H,10H2,1-2H3/t15-,23?/m1/s1. The van der Waals surface area contributed by atoms with Crippen LogP contribution in [0.15, 0.2) is 65.9 Å². The molecule has 0 saturated carbocycles. The molecule has 0 spiro atoms. The molecule has 0 fully saturated rings. The van der Waals surface area contributed by atoms with Crippen LogP contribution < -0.4 is 4.74 Å². The lowest BCUT2D eigenvalue weighted by Gasteiger charge is -2.19. The van der Waals surface area contributed by atoms with Crippen LogP contribution in [-0.2, 0) is 10.9 Å². The number of nitrogens with zero attached hydrogens (tertiary/aromatic N) is 3. The van der Waals surface area contributed by atoms with Crippen LogP contribution in [0.25, 0.3) is 21.6 Å². The maximum atomic E-state index is 13.6. The van der Waals surface area contributed by atoms with Gasteiger partial charge in [-0.1, -0.05) is 41.9 Å². The number of aromatic nitrogens is 2. The van der Waals surface area contributed by atoms with Crippen molar-refractivity contribution >= 4 is 51.7 Å². The topological polar surface area (TPSA) is 65.7 Å². The van der Waals surface area contributed by atoms with Gasteiger partial charge in [0.15, 0.2) is 4.88 Å². The Bertz CT molecular complexity index is 1570. The Balaban J connectivity index is 1.49. The molecule has 0 bridgehead atoms. The number of imidazole rings is 1. The van der Waals surface area contributed by atoms with Crippen LogP contribution in [0.4, 0.5) is 13.2 Å². The molecular weight excluding hydrogens is 539 g/mol. The van der Waals surface area contributed by atoms with E-state index < -0.39 is 23.8 Å². The Labute approximate surface area is 225 Å². The number of carbonyl (C=O) groups is 1. The van der Waals surface area contributed by atoms with Crippen molar-refractivity contribution in [1.29, 1.82) is 0 Å². The van der Waals surface area contributed by atoms with Crippen LogP contribution >= 0.6 is 22.9 Å². The molecule has 3 heterocycles. The van der Waals surface area contributed by atoms with Gasteiger partial charge in [-0.05, 0) is 36.3 Å². The first-order valence-electron chi connectivity index (χ1n) is 11.6. The number of fused-ring (bicyclic) bond motifs is 1. The lowest BCUT2D eigenvalue weighted by atomic mass is 10.0. The molecule has 0 amide bonds. The fraction of sp³-hybridized carbons (Fsp3) is 0.222. The molecule has 1 aliphatic rings. The highest BCUT2D eigenvalue weighted by molar-refractivity contribution is 7.16. The molecule has 1 unspecified atom stereocenters. The summed E-state index contributed by atoms with van der Waals surface area (Å²) in [5, 5.41) is 0.593. The van der Waals surface area contributed by atoms with Gasteiger partial charge in [-0.25, -0.2) is 9.78 Å². The molecule has 4 aromatic rings. The number of hydrogen-bond donors (Lipinski definition) is 0. The molecule has 2 aromatic carbocycles. The minimum Gasteiger partial charge on any atom is -0.484 e. The van der Waals surface area contributed by atoms with Crippen molar-refractivity contribution in [1.82, 2.24) is 9.55 Å². The minimum absolute atomic E-state index is 0.0368. The zero-order valence-electron chi connectivity index (χ0n) is 20.2. The van der Waals surface area contributed by atoms with E-state index in [4.69, 9.17) is 21.1 Å². The number of ether oxygens (including phenoxy) is 2. The van der Waals surface area contributed by atoms with Gasteiger partial charge in [0.1, 0.15) is 28.7 Å². The maximum Gasteiger partial charge on any atom is 0.416 e. The number of alkyl halides is 4. The molecular formula is C27H21ClF3N3O3S. The van der Waals surface area contributed by atoms with Crippen molar-refractivity contribution in [3.05, 3.63) is 82.5 Å². The lowest BCUT2D eigenvalue weighted by Crippen LogP contribution is -2.14. The van der Waals surface area contributed by atoms with E-state index in [1.165, 1.54) is 32.2 Å². The number of esters is 1. The predicted molar refractivity (Wildman–Crippen MR) is 142 cm³/mol. The number of carbonyl (C=O) groups excluding carboxylic acids is 1. The van der Waals surface area contributed by atoms with E-state index in [2.05, 4.69) is 9.98 Å². The van der Waals surface area contributed by atoms with Gasteiger partial charge in [-0.15, -0.1) is 11.3 Å². The molecule has 0 aliphatic carbocycles. The van der Waals surface area contributed by atoms with E-state index in [0.29, 0.717) is 16.9 Å². The summed E-state index contributed by atoms with van der Waals surface area (Å²) < 4.78 is 53.3. The number of aliphatic imine (C=N–C) groups is 1. The van der Waals surface area contributed by atoms with E-state index in [-0.39, 0.29) is 21.7 Å². The highest BCUT2D eigenvalue weighted by Gasteiger charge is 2.35. The van der Waals surface area contributed by atoms with Crippen molar-refractivity contribution in [3.63, 3.8) is 0 Å². The second kappa shape index (κ2) is 10.3. The number of rotatable bonds is 6. The molecule has 0 N–H and O–H groups in total. The average molecular weight is 560 g/mol. The van der Waals surface area contributed by atoms with Crippen molar-refractivity contribution in [2.75, 3.05) is 7.11 Å². The van der Waals surface area contributed by atoms with E-state index in [1.807, 2.05) is 24.3 Å². The summed E-state index contributed by atoms with van der Waals surface area (Å²) in [5.74, 6) is -0.528. The Hall–Kier alpha value is -3.63. The van der Waals surface area contributed by atoms with Crippen molar-refractivity contribution in [2.24, 2.45) is 4.99 Å². The van der Waals surface area contributed by atoms with Gasteiger partial charge < -0.3 is 9.47 Å². The molecule has 2 atom stereocenters. The van der Waals surface area contributed by atoms with E-state index >= 15 is 0 Å². The van der Waals surface area contributed by atoms with Gasteiger partial charge in [0.2, 0.25) is 0 Å². The van der Waals surface area contributed by atoms with Gasteiger partial charge >= 0.3 is 12.1 Å². The Morgan fingerprint density at radius 1 is 1.21 bits per heavy atom. The molecule has 6 nitrogen and oxygen atoms in total. The minimum atomic E-state index is -4.54. The summed E-state index contributed by atoms with van der Waals surface area (Å²) in [6, 6.07) is 12.6. The Morgan fingerprint density at radius 3 is 2.71 bits per heavy atom. The van der Waals surface area contributed by atoms with Crippen LogP contribution in [0.2, 0.25) is 0 Å². The van der Waals surface area contributed by atoms with E-state index in [1.54, 1.807) is 23.2 Å². The van der Waals surface area contributed by atoms with Gasteiger partial charge in [0, 0.05) is 24.3 Å². The third-order valence-corrected chi connectivity index (χ3v) is 7.48. The first-order chi connectivity index (χ1) is 18.2. The van der Waals surface area contributed by atoms with Crippen LogP contribution in [0.5, 0.6) is 5.75 Å². The molecule has 38 heavy (non-hydrogen) atoms. The van der Waals surface area contributed by atoms with Gasteiger partial charge in [-0.3, -0.25) is 9.56 Å². The van der Waals surface area contributed by atoms with E-state index in [0.717, 1.165) is 34.1 Å². The fourth-order valence-corrected chi connectivity index (χ4v) is 5.36. The largest absolute Gasteiger partial charge is 0.484 e. The third kappa shape index (κ3) is 5.06.